The normalized spacial score (nSPS) is 10.6. The van der Waals surface area contributed by atoms with E-state index in [-0.39, 0.29) is 11.3 Å². The Hall–Kier alpha value is -3.14. The van der Waals surface area contributed by atoms with E-state index in [2.05, 4.69) is 26.5 Å². The number of nitro groups is 1. The van der Waals surface area contributed by atoms with Crippen LogP contribution >= 0.6 is 15.9 Å². The smallest absolute Gasteiger partial charge is 0.275 e. The third-order valence-corrected chi connectivity index (χ3v) is 3.93. The molecule has 2 rings (SSSR count). The minimum Gasteiger partial charge on any atom is -0.507 e. The largest absolute Gasteiger partial charge is 0.507 e. The van der Waals surface area contributed by atoms with Crippen molar-refractivity contribution in [1.82, 2.24) is 5.43 Å². The highest BCUT2D eigenvalue weighted by Gasteiger charge is 2.16. The second kappa shape index (κ2) is 8.30. The number of phenols is 1. The molecule has 0 bridgehead atoms. The summed E-state index contributed by atoms with van der Waals surface area (Å²) in [7, 11) is 2.98. The molecule has 2 aromatic rings. The number of hydrazone groups is 1. The Kier molecular flexibility index (Phi) is 6.12. The topological polar surface area (TPSA) is 123 Å². The van der Waals surface area contributed by atoms with Crippen LogP contribution in [0.3, 0.4) is 0 Å². The number of methoxy groups -OCH3 is 2. The van der Waals surface area contributed by atoms with Crippen LogP contribution < -0.4 is 14.9 Å². The van der Waals surface area contributed by atoms with E-state index in [4.69, 9.17) is 9.47 Å². The fourth-order valence-electron chi connectivity index (χ4n) is 2.02. The van der Waals surface area contributed by atoms with Gasteiger partial charge in [0.15, 0.2) is 0 Å². The van der Waals surface area contributed by atoms with Gasteiger partial charge in [0, 0.05) is 23.8 Å². The maximum Gasteiger partial charge on any atom is 0.275 e. The van der Waals surface area contributed by atoms with Gasteiger partial charge in [0.2, 0.25) is 0 Å². The first-order valence-electron chi connectivity index (χ1n) is 7.09. The highest BCUT2D eigenvalue weighted by Crippen LogP contribution is 2.32. The molecule has 10 heteroatoms. The molecule has 26 heavy (non-hydrogen) atoms. The molecule has 0 aromatic heterocycles. The van der Waals surface area contributed by atoms with Gasteiger partial charge in [0.1, 0.15) is 17.2 Å². The molecule has 136 valence electrons. The zero-order chi connectivity index (χ0) is 19.3. The summed E-state index contributed by atoms with van der Waals surface area (Å²) in [5.74, 6) is -0.173. The Balaban J connectivity index is 2.21. The maximum absolute atomic E-state index is 12.1. The first-order chi connectivity index (χ1) is 12.4. The number of aromatic hydroxyl groups is 1. The Morgan fingerprint density at radius 3 is 2.58 bits per heavy atom. The number of halogens is 1. The van der Waals surface area contributed by atoms with Crippen molar-refractivity contribution < 1.29 is 24.3 Å². The van der Waals surface area contributed by atoms with Crippen LogP contribution in [0.1, 0.15) is 15.9 Å². The van der Waals surface area contributed by atoms with E-state index in [9.17, 15) is 20.0 Å². The van der Waals surface area contributed by atoms with Crippen LogP contribution in [0, 0.1) is 10.1 Å². The number of nitro benzene ring substituents is 1. The number of non-ortho nitro benzene ring substituents is 1. The van der Waals surface area contributed by atoms with E-state index < -0.39 is 16.6 Å². The lowest BCUT2D eigenvalue weighted by molar-refractivity contribution is -0.384. The van der Waals surface area contributed by atoms with Gasteiger partial charge in [-0.3, -0.25) is 14.9 Å². The summed E-state index contributed by atoms with van der Waals surface area (Å²) in [6, 6.07) is 6.44. The van der Waals surface area contributed by atoms with Crippen molar-refractivity contribution >= 4 is 33.7 Å². The number of nitrogens with one attached hydrogen (secondary N) is 1. The summed E-state index contributed by atoms with van der Waals surface area (Å²) in [6.07, 6.45) is 1.33. The molecule has 9 nitrogen and oxygen atoms in total. The molecule has 0 spiro atoms. The third-order valence-electron chi connectivity index (χ3n) is 3.31. The van der Waals surface area contributed by atoms with Gasteiger partial charge in [-0.05, 0) is 28.1 Å². The average Bonchev–Trinajstić information content (AvgIpc) is 2.61. The average molecular weight is 424 g/mol. The highest BCUT2D eigenvalue weighted by molar-refractivity contribution is 9.10. The molecule has 2 N–H and O–H groups in total. The number of carbonyl (C=O) groups is 1. The van der Waals surface area contributed by atoms with Crippen molar-refractivity contribution in [2.75, 3.05) is 14.2 Å². The summed E-state index contributed by atoms with van der Waals surface area (Å²) in [6.45, 7) is 0. The number of amides is 1. The van der Waals surface area contributed by atoms with Gasteiger partial charge in [-0.15, -0.1) is 0 Å². The van der Waals surface area contributed by atoms with E-state index in [1.54, 1.807) is 12.1 Å². The standard InChI is InChI=1S/C16H14BrN3O6/c1-25-14-7-15(26-2)12(17)5-9(14)8-18-19-16(22)11-6-10(20(23)24)3-4-13(11)21/h3-8,21H,1-2H3,(H,19,22)/b18-8+. The summed E-state index contributed by atoms with van der Waals surface area (Å²) in [5, 5.41) is 24.3. The van der Waals surface area contributed by atoms with E-state index in [0.29, 0.717) is 21.5 Å². The molecule has 0 aliphatic rings. The maximum atomic E-state index is 12.1. The van der Waals surface area contributed by atoms with Gasteiger partial charge in [-0.2, -0.15) is 5.10 Å². The highest BCUT2D eigenvalue weighted by atomic mass is 79.9. The molecule has 1 amide bonds. The molecule has 0 saturated heterocycles. The van der Waals surface area contributed by atoms with Crippen molar-refractivity contribution in [2.24, 2.45) is 5.10 Å². The molecule has 0 radical (unpaired) electrons. The molecule has 0 atom stereocenters. The van der Waals surface area contributed by atoms with Gasteiger partial charge in [-0.1, -0.05) is 0 Å². The van der Waals surface area contributed by atoms with Crippen molar-refractivity contribution in [3.05, 3.63) is 56.0 Å². The zero-order valence-electron chi connectivity index (χ0n) is 13.7. The number of carbonyl (C=O) groups excluding carboxylic acids is 1. The van der Waals surface area contributed by atoms with Gasteiger partial charge in [0.05, 0.1) is 35.4 Å². The van der Waals surface area contributed by atoms with E-state index in [1.165, 1.54) is 20.4 Å². The van der Waals surface area contributed by atoms with Crippen LogP contribution in [0.15, 0.2) is 39.9 Å². The summed E-state index contributed by atoms with van der Waals surface area (Å²) in [4.78, 5) is 22.2. The number of nitrogens with zero attached hydrogens (tertiary/aromatic N) is 2. The molecule has 0 heterocycles. The summed E-state index contributed by atoms with van der Waals surface area (Å²) >= 11 is 3.33. The molecule has 0 fully saturated rings. The molecule has 0 unspecified atom stereocenters. The quantitative estimate of drug-likeness (QED) is 0.418. The Labute approximate surface area is 156 Å². The lowest BCUT2D eigenvalue weighted by Gasteiger charge is -2.09. The first-order valence-corrected chi connectivity index (χ1v) is 7.89. The SMILES string of the molecule is COc1cc(OC)c(/C=N/NC(=O)c2cc([N+](=O)[O-])ccc2O)cc1Br. The minimum absolute atomic E-state index is 0.265. The second-order valence-corrected chi connectivity index (χ2v) is 5.74. The van der Waals surface area contributed by atoms with Crippen molar-refractivity contribution in [3.63, 3.8) is 0 Å². The number of rotatable bonds is 6. The first kappa shape index (κ1) is 19.2. The number of hydrogen-bond donors (Lipinski definition) is 2. The van der Waals surface area contributed by atoms with Crippen LogP contribution in [0.2, 0.25) is 0 Å². The molecular formula is C16H14BrN3O6. The predicted molar refractivity (Wildman–Crippen MR) is 97.1 cm³/mol. The number of hydrogen-bond acceptors (Lipinski definition) is 7. The Morgan fingerprint density at radius 2 is 1.96 bits per heavy atom. The van der Waals surface area contributed by atoms with Crippen LogP contribution in [0.4, 0.5) is 5.69 Å². The Bertz CT molecular complexity index is 885. The van der Waals surface area contributed by atoms with Gasteiger partial charge in [-0.25, -0.2) is 5.43 Å². The second-order valence-electron chi connectivity index (χ2n) is 4.89. The fourth-order valence-corrected chi connectivity index (χ4v) is 2.55. The zero-order valence-corrected chi connectivity index (χ0v) is 15.3. The minimum atomic E-state index is -0.797. The van der Waals surface area contributed by atoms with Gasteiger partial charge in [0.25, 0.3) is 11.6 Å². The summed E-state index contributed by atoms with van der Waals surface area (Å²) < 4.78 is 11.0. The molecule has 2 aromatic carbocycles. The summed E-state index contributed by atoms with van der Waals surface area (Å²) in [5.41, 5.74) is 2.16. The Morgan fingerprint density at radius 1 is 1.27 bits per heavy atom. The van der Waals surface area contributed by atoms with Crippen molar-refractivity contribution in [3.8, 4) is 17.2 Å². The van der Waals surface area contributed by atoms with Gasteiger partial charge < -0.3 is 14.6 Å². The van der Waals surface area contributed by atoms with Crippen LogP contribution in [-0.2, 0) is 0 Å². The number of ether oxygens (including phenoxy) is 2. The molecule has 0 aliphatic heterocycles. The monoisotopic (exact) mass is 423 g/mol. The fraction of sp³-hybridized carbons (Fsp3) is 0.125. The van der Waals surface area contributed by atoms with Crippen molar-refractivity contribution in [1.29, 1.82) is 0 Å². The predicted octanol–water partition coefficient (Wildman–Crippen LogP) is 2.84. The lowest BCUT2D eigenvalue weighted by atomic mass is 10.1. The van der Waals surface area contributed by atoms with E-state index >= 15 is 0 Å². The molecule has 0 saturated carbocycles. The molecule has 0 aliphatic carbocycles. The lowest BCUT2D eigenvalue weighted by Crippen LogP contribution is -2.18. The number of benzene rings is 2. The number of phenolic OH excluding ortho intramolecular Hbond substituents is 1. The van der Waals surface area contributed by atoms with E-state index in [1.807, 2.05) is 0 Å². The van der Waals surface area contributed by atoms with Gasteiger partial charge >= 0.3 is 0 Å². The molecular weight excluding hydrogens is 410 g/mol. The van der Waals surface area contributed by atoms with Crippen LogP contribution in [0.25, 0.3) is 0 Å². The van der Waals surface area contributed by atoms with E-state index in [0.717, 1.165) is 18.2 Å². The third kappa shape index (κ3) is 4.28. The van der Waals surface area contributed by atoms with Crippen molar-refractivity contribution in [2.45, 2.75) is 0 Å². The van der Waals surface area contributed by atoms with Crippen LogP contribution in [0.5, 0.6) is 17.2 Å². The van der Waals surface area contributed by atoms with Crippen LogP contribution in [-0.4, -0.2) is 36.4 Å².